The van der Waals surface area contributed by atoms with Crippen molar-refractivity contribution in [2.45, 2.75) is 39.8 Å². The second-order valence-corrected chi connectivity index (χ2v) is 8.29. The highest BCUT2D eigenvalue weighted by atomic mass is 35.5. The monoisotopic (exact) mass is 404 g/mol. The highest BCUT2D eigenvalue weighted by Crippen LogP contribution is 2.23. The normalized spacial score (nSPS) is 15.7. The van der Waals surface area contributed by atoms with E-state index in [-0.39, 0.29) is 5.91 Å². The third-order valence-corrected chi connectivity index (χ3v) is 5.34. The summed E-state index contributed by atoms with van der Waals surface area (Å²) in [4.78, 5) is 17.2. The number of hydrogen-bond acceptors (Lipinski definition) is 4. The first-order valence-corrected chi connectivity index (χ1v) is 10.1. The number of rotatable bonds is 6. The van der Waals surface area contributed by atoms with Gasteiger partial charge in [-0.15, -0.1) is 0 Å². The molecule has 1 amide bonds. The van der Waals surface area contributed by atoms with E-state index in [1.165, 1.54) is 5.69 Å². The second-order valence-electron chi connectivity index (χ2n) is 7.85. The van der Waals surface area contributed by atoms with Gasteiger partial charge in [0, 0.05) is 43.4 Å². The smallest absolute Gasteiger partial charge is 0.266 e. The van der Waals surface area contributed by atoms with E-state index < -0.39 is 5.60 Å². The molecule has 1 saturated heterocycles. The largest absolute Gasteiger partial charge is 0.478 e. The maximum Gasteiger partial charge on any atom is 0.266 e. The molecule has 0 radical (unpaired) electrons. The van der Waals surface area contributed by atoms with Crippen molar-refractivity contribution in [2.75, 3.05) is 32.7 Å². The first-order valence-electron chi connectivity index (χ1n) is 9.72. The quantitative estimate of drug-likeness (QED) is 0.742. The van der Waals surface area contributed by atoms with Crippen molar-refractivity contribution in [2.24, 2.45) is 0 Å². The summed E-state index contributed by atoms with van der Waals surface area (Å²) >= 11 is 5.91. The lowest BCUT2D eigenvalue weighted by molar-refractivity contribution is -0.147. The Morgan fingerprint density at radius 2 is 1.75 bits per heavy atom. The van der Waals surface area contributed by atoms with Crippen molar-refractivity contribution in [1.29, 1.82) is 0 Å². The Kier molecular flexibility index (Phi) is 6.30. The van der Waals surface area contributed by atoms with Crippen LogP contribution in [0.15, 0.2) is 30.3 Å². The molecule has 2 heterocycles. The van der Waals surface area contributed by atoms with E-state index in [1.807, 2.05) is 25.7 Å². The van der Waals surface area contributed by atoms with Gasteiger partial charge < -0.3 is 9.64 Å². The number of aromatic nitrogens is 2. The Labute approximate surface area is 172 Å². The van der Waals surface area contributed by atoms with E-state index in [0.29, 0.717) is 23.9 Å². The fourth-order valence-electron chi connectivity index (χ4n) is 3.53. The predicted octanol–water partition coefficient (Wildman–Crippen LogP) is 3.16. The highest BCUT2D eigenvalue weighted by Gasteiger charge is 2.35. The van der Waals surface area contributed by atoms with Gasteiger partial charge in [0.15, 0.2) is 5.60 Å². The maximum atomic E-state index is 13.0. The molecule has 0 saturated carbocycles. The van der Waals surface area contributed by atoms with Gasteiger partial charge in [-0.1, -0.05) is 11.6 Å². The Bertz CT molecular complexity index is 808. The van der Waals surface area contributed by atoms with E-state index in [9.17, 15) is 4.79 Å². The van der Waals surface area contributed by atoms with Gasteiger partial charge in [0.2, 0.25) is 0 Å². The van der Waals surface area contributed by atoms with Crippen LogP contribution in [0.4, 0.5) is 0 Å². The van der Waals surface area contributed by atoms with E-state index in [0.717, 1.165) is 31.9 Å². The molecule has 1 aromatic carbocycles. The number of piperazine rings is 1. The number of halogens is 1. The van der Waals surface area contributed by atoms with Crippen LogP contribution < -0.4 is 4.74 Å². The number of hydrogen-bond donors (Lipinski definition) is 0. The zero-order chi connectivity index (χ0) is 20.3. The topological polar surface area (TPSA) is 50.6 Å². The molecule has 1 fully saturated rings. The molecule has 7 heteroatoms. The lowest BCUT2D eigenvalue weighted by atomic mass is 10.1. The van der Waals surface area contributed by atoms with Gasteiger partial charge in [0.25, 0.3) is 5.91 Å². The Hall–Kier alpha value is -2.05. The second kappa shape index (κ2) is 8.53. The van der Waals surface area contributed by atoms with Crippen LogP contribution in [0.1, 0.15) is 25.2 Å². The number of carbonyl (C=O) groups excluding carboxylic acids is 1. The van der Waals surface area contributed by atoms with Crippen molar-refractivity contribution in [3.63, 3.8) is 0 Å². The van der Waals surface area contributed by atoms with Crippen LogP contribution in [0.2, 0.25) is 5.02 Å². The van der Waals surface area contributed by atoms with Gasteiger partial charge in [0.1, 0.15) is 5.75 Å². The van der Waals surface area contributed by atoms with Crippen LogP contribution >= 0.6 is 11.6 Å². The highest BCUT2D eigenvalue weighted by molar-refractivity contribution is 6.30. The van der Waals surface area contributed by atoms with Crippen LogP contribution in [0.25, 0.3) is 0 Å². The molecule has 28 heavy (non-hydrogen) atoms. The fourth-order valence-corrected chi connectivity index (χ4v) is 3.66. The standard InChI is InChI=1S/C21H29ClN4O2/c1-16-15-17(2)26(23-16)14-11-24-9-12-25(13-10-24)20(27)21(3,4)28-19-7-5-18(22)6-8-19/h5-8,15H,9-14H2,1-4H3. The number of aryl methyl sites for hydroxylation is 2. The van der Waals surface area contributed by atoms with Crippen LogP contribution in [-0.4, -0.2) is 63.8 Å². The summed E-state index contributed by atoms with van der Waals surface area (Å²) in [5.74, 6) is 0.659. The van der Waals surface area contributed by atoms with Gasteiger partial charge in [-0.3, -0.25) is 14.4 Å². The van der Waals surface area contributed by atoms with E-state index in [4.69, 9.17) is 16.3 Å². The molecule has 0 atom stereocenters. The minimum absolute atomic E-state index is 0.0145. The van der Waals surface area contributed by atoms with E-state index in [1.54, 1.807) is 24.3 Å². The van der Waals surface area contributed by atoms with Gasteiger partial charge in [-0.05, 0) is 58.0 Å². The van der Waals surface area contributed by atoms with Crippen molar-refractivity contribution in [3.05, 3.63) is 46.7 Å². The third kappa shape index (κ3) is 5.06. The molecular formula is C21H29ClN4O2. The average molecular weight is 405 g/mol. The van der Waals surface area contributed by atoms with Gasteiger partial charge in [-0.25, -0.2) is 0 Å². The van der Waals surface area contributed by atoms with Crippen LogP contribution in [0.5, 0.6) is 5.75 Å². The predicted molar refractivity (Wildman–Crippen MR) is 111 cm³/mol. The molecule has 0 bridgehead atoms. The summed E-state index contributed by atoms with van der Waals surface area (Å²) in [6.45, 7) is 12.7. The lowest BCUT2D eigenvalue weighted by Gasteiger charge is -2.38. The zero-order valence-corrected chi connectivity index (χ0v) is 17.9. The van der Waals surface area contributed by atoms with Gasteiger partial charge in [0.05, 0.1) is 12.2 Å². The van der Waals surface area contributed by atoms with Gasteiger partial charge >= 0.3 is 0 Å². The fraction of sp³-hybridized carbons (Fsp3) is 0.524. The molecule has 6 nitrogen and oxygen atoms in total. The summed E-state index contributed by atoms with van der Waals surface area (Å²) in [6.07, 6.45) is 0. The van der Waals surface area contributed by atoms with E-state index >= 15 is 0 Å². The Morgan fingerprint density at radius 1 is 1.11 bits per heavy atom. The summed E-state index contributed by atoms with van der Waals surface area (Å²) < 4.78 is 8.00. The number of amides is 1. The average Bonchev–Trinajstić information content (AvgIpc) is 2.99. The third-order valence-electron chi connectivity index (χ3n) is 5.09. The molecule has 0 aliphatic carbocycles. The summed E-state index contributed by atoms with van der Waals surface area (Å²) in [7, 11) is 0. The first-order chi connectivity index (χ1) is 13.2. The molecule has 1 aromatic heterocycles. The summed E-state index contributed by atoms with van der Waals surface area (Å²) in [6, 6.07) is 9.19. The van der Waals surface area contributed by atoms with Crippen LogP contribution in [0.3, 0.4) is 0 Å². The maximum absolute atomic E-state index is 13.0. The molecule has 3 rings (SSSR count). The Morgan fingerprint density at radius 3 is 2.32 bits per heavy atom. The van der Waals surface area contributed by atoms with E-state index in [2.05, 4.69) is 27.7 Å². The Balaban J connectivity index is 1.49. The van der Waals surface area contributed by atoms with Crippen molar-refractivity contribution >= 4 is 17.5 Å². The number of ether oxygens (including phenoxy) is 1. The van der Waals surface area contributed by atoms with Crippen molar-refractivity contribution in [3.8, 4) is 5.75 Å². The zero-order valence-electron chi connectivity index (χ0n) is 17.1. The molecule has 0 spiro atoms. The molecule has 1 aliphatic rings. The molecule has 2 aromatic rings. The minimum atomic E-state index is -0.917. The van der Waals surface area contributed by atoms with Crippen LogP contribution in [0, 0.1) is 13.8 Å². The molecular weight excluding hydrogens is 376 g/mol. The lowest BCUT2D eigenvalue weighted by Crippen LogP contribution is -2.56. The minimum Gasteiger partial charge on any atom is -0.478 e. The molecule has 0 N–H and O–H groups in total. The van der Waals surface area contributed by atoms with Gasteiger partial charge in [-0.2, -0.15) is 5.10 Å². The van der Waals surface area contributed by atoms with Crippen molar-refractivity contribution in [1.82, 2.24) is 19.6 Å². The molecule has 1 aliphatic heterocycles. The summed E-state index contributed by atoms with van der Waals surface area (Å²) in [5, 5.41) is 5.16. The molecule has 0 unspecified atom stereocenters. The number of benzene rings is 1. The summed E-state index contributed by atoms with van der Waals surface area (Å²) in [5.41, 5.74) is 1.32. The number of nitrogens with zero attached hydrogens (tertiary/aromatic N) is 4. The van der Waals surface area contributed by atoms with Crippen LogP contribution in [-0.2, 0) is 11.3 Å². The first kappa shape index (κ1) is 20.7. The molecule has 152 valence electrons. The van der Waals surface area contributed by atoms with Crippen molar-refractivity contribution < 1.29 is 9.53 Å². The number of carbonyl (C=O) groups is 1. The SMILES string of the molecule is Cc1cc(C)n(CCN2CCN(C(=O)C(C)(C)Oc3ccc(Cl)cc3)CC2)n1.